The van der Waals surface area contributed by atoms with Gasteiger partial charge >= 0.3 is 0 Å². The van der Waals surface area contributed by atoms with E-state index in [4.69, 9.17) is 4.74 Å². The average Bonchev–Trinajstić information content (AvgIpc) is 2.44. The summed E-state index contributed by atoms with van der Waals surface area (Å²) in [6, 6.07) is 8.32. The number of anilines is 1. The van der Waals surface area contributed by atoms with Crippen LogP contribution in [-0.2, 0) is 11.3 Å². The molecule has 0 fully saturated rings. The Bertz CT molecular complexity index is 452. The molecular weight excluding hydrogens is 250 g/mol. The maximum Gasteiger partial charge on any atom is 0.101 e. The summed E-state index contributed by atoms with van der Waals surface area (Å²) in [7, 11) is 1.99. The van der Waals surface area contributed by atoms with Crippen molar-refractivity contribution >= 4 is 5.69 Å². The molecule has 0 saturated carbocycles. The van der Waals surface area contributed by atoms with Gasteiger partial charge in [-0.05, 0) is 38.1 Å². The molecule has 0 aromatic heterocycles. The van der Waals surface area contributed by atoms with Crippen molar-refractivity contribution in [3.8, 4) is 6.07 Å². The molecule has 0 heterocycles. The Labute approximate surface area is 122 Å². The fourth-order valence-corrected chi connectivity index (χ4v) is 1.93. The first-order valence-electron chi connectivity index (χ1n) is 7.15. The largest absolute Gasteiger partial charge is 0.377 e. The lowest BCUT2D eigenvalue weighted by Crippen LogP contribution is -2.24. The Morgan fingerprint density at radius 3 is 2.75 bits per heavy atom. The Hall–Kier alpha value is -1.57. The summed E-state index contributed by atoms with van der Waals surface area (Å²) in [6.45, 7) is 9.29. The summed E-state index contributed by atoms with van der Waals surface area (Å²) in [5, 5.41) is 12.6. The summed E-state index contributed by atoms with van der Waals surface area (Å²) in [6.07, 6.45) is 0.237. The maximum atomic E-state index is 9.30. The zero-order chi connectivity index (χ0) is 15.0. The SMILES string of the molecule is CCNCc1ccc(N(C)CCOC(C)C)c(C#N)c1. The fraction of sp³-hybridized carbons (Fsp3) is 0.562. The highest BCUT2D eigenvalue weighted by Gasteiger charge is 2.08. The van der Waals surface area contributed by atoms with E-state index >= 15 is 0 Å². The second-order valence-electron chi connectivity index (χ2n) is 5.08. The third kappa shape index (κ3) is 5.20. The predicted octanol–water partition coefficient (Wildman–Crippen LogP) is 2.53. The van der Waals surface area contributed by atoms with Gasteiger partial charge in [-0.3, -0.25) is 0 Å². The van der Waals surface area contributed by atoms with E-state index in [-0.39, 0.29) is 6.10 Å². The maximum absolute atomic E-state index is 9.30. The van der Waals surface area contributed by atoms with E-state index < -0.39 is 0 Å². The third-order valence-electron chi connectivity index (χ3n) is 3.05. The highest BCUT2D eigenvalue weighted by atomic mass is 16.5. The van der Waals surface area contributed by atoms with E-state index in [0.29, 0.717) is 12.2 Å². The first-order chi connectivity index (χ1) is 9.58. The van der Waals surface area contributed by atoms with Crippen LogP contribution < -0.4 is 10.2 Å². The van der Waals surface area contributed by atoms with E-state index in [1.54, 1.807) is 0 Å². The Morgan fingerprint density at radius 2 is 2.15 bits per heavy atom. The molecule has 20 heavy (non-hydrogen) atoms. The number of ether oxygens (including phenoxy) is 1. The van der Waals surface area contributed by atoms with Gasteiger partial charge in [0.1, 0.15) is 6.07 Å². The van der Waals surface area contributed by atoms with E-state index in [9.17, 15) is 5.26 Å². The van der Waals surface area contributed by atoms with Crippen LogP contribution in [0.3, 0.4) is 0 Å². The van der Waals surface area contributed by atoms with Gasteiger partial charge in [0.2, 0.25) is 0 Å². The third-order valence-corrected chi connectivity index (χ3v) is 3.05. The van der Waals surface area contributed by atoms with Crippen LogP contribution in [0.15, 0.2) is 18.2 Å². The highest BCUT2D eigenvalue weighted by Crippen LogP contribution is 2.20. The topological polar surface area (TPSA) is 48.3 Å². The van der Waals surface area contributed by atoms with Crippen molar-refractivity contribution in [1.29, 1.82) is 5.26 Å². The molecule has 0 unspecified atom stereocenters. The molecule has 1 aromatic rings. The molecule has 1 N–H and O–H groups in total. The first-order valence-corrected chi connectivity index (χ1v) is 7.15. The van der Waals surface area contributed by atoms with Gasteiger partial charge in [0, 0.05) is 20.1 Å². The van der Waals surface area contributed by atoms with Crippen molar-refractivity contribution in [1.82, 2.24) is 5.32 Å². The minimum atomic E-state index is 0.237. The van der Waals surface area contributed by atoms with E-state index in [2.05, 4.69) is 29.3 Å². The molecule has 110 valence electrons. The number of benzene rings is 1. The van der Waals surface area contributed by atoms with Gasteiger partial charge in [0.15, 0.2) is 0 Å². The second-order valence-corrected chi connectivity index (χ2v) is 5.08. The molecule has 0 amide bonds. The minimum absolute atomic E-state index is 0.237. The van der Waals surface area contributed by atoms with Gasteiger partial charge in [-0.2, -0.15) is 5.26 Å². The molecule has 0 aliphatic carbocycles. The van der Waals surface area contributed by atoms with Gasteiger partial charge in [-0.1, -0.05) is 13.0 Å². The molecule has 0 bridgehead atoms. The number of hydrogen-bond acceptors (Lipinski definition) is 4. The lowest BCUT2D eigenvalue weighted by molar-refractivity contribution is 0.0846. The number of rotatable bonds is 8. The standard InChI is InChI=1S/C16H25N3O/c1-5-18-12-14-6-7-16(15(10-14)11-17)19(4)8-9-20-13(2)3/h6-7,10,13,18H,5,8-9,12H2,1-4H3. The van der Waals surface area contributed by atoms with Crippen molar-refractivity contribution in [3.63, 3.8) is 0 Å². The predicted molar refractivity (Wildman–Crippen MR) is 82.9 cm³/mol. The van der Waals surface area contributed by atoms with Crippen molar-refractivity contribution in [2.45, 2.75) is 33.4 Å². The molecule has 0 aliphatic heterocycles. The molecule has 1 rings (SSSR count). The molecule has 4 heteroatoms. The van der Waals surface area contributed by atoms with Gasteiger partial charge in [-0.25, -0.2) is 0 Å². The number of likely N-dealkylation sites (N-methyl/N-ethyl adjacent to an activating group) is 1. The Balaban J connectivity index is 2.71. The highest BCUT2D eigenvalue weighted by molar-refractivity contribution is 5.60. The molecule has 0 radical (unpaired) electrons. The van der Waals surface area contributed by atoms with Crippen LogP contribution in [0, 0.1) is 11.3 Å². The molecule has 1 aromatic carbocycles. The van der Waals surface area contributed by atoms with Crippen LogP contribution in [-0.4, -0.2) is 32.8 Å². The van der Waals surface area contributed by atoms with Gasteiger partial charge in [0.05, 0.1) is 24.0 Å². The van der Waals surface area contributed by atoms with Crippen LogP contribution in [0.1, 0.15) is 31.9 Å². The summed E-state index contributed by atoms with van der Waals surface area (Å²) in [5.74, 6) is 0. The van der Waals surface area contributed by atoms with Crippen molar-refractivity contribution in [3.05, 3.63) is 29.3 Å². The zero-order valence-corrected chi connectivity index (χ0v) is 12.9. The van der Waals surface area contributed by atoms with Crippen LogP contribution in [0.5, 0.6) is 0 Å². The van der Waals surface area contributed by atoms with E-state index in [1.807, 2.05) is 33.0 Å². The summed E-state index contributed by atoms with van der Waals surface area (Å²) in [5.41, 5.74) is 2.81. The molecular formula is C16H25N3O. The zero-order valence-electron chi connectivity index (χ0n) is 12.9. The lowest BCUT2D eigenvalue weighted by Gasteiger charge is -2.21. The molecule has 0 atom stereocenters. The fourth-order valence-electron chi connectivity index (χ4n) is 1.93. The van der Waals surface area contributed by atoms with Gasteiger partial charge < -0.3 is 15.0 Å². The van der Waals surface area contributed by atoms with Crippen LogP contribution in [0.25, 0.3) is 0 Å². The molecule has 4 nitrogen and oxygen atoms in total. The molecule has 0 spiro atoms. The lowest BCUT2D eigenvalue weighted by atomic mass is 10.1. The second kappa shape index (κ2) is 8.57. The van der Waals surface area contributed by atoms with Gasteiger partial charge in [-0.15, -0.1) is 0 Å². The summed E-state index contributed by atoms with van der Waals surface area (Å²) < 4.78 is 5.55. The van der Waals surface area contributed by atoms with Crippen LogP contribution >= 0.6 is 0 Å². The van der Waals surface area contributed by atoms with Gasteiger partial charge in [0.25, 0.3) is 0 Å². The summed E-state index contributed by atoms with van der Waals surface area (Å²) >= 11 is 0. The molecule has 0 saturated heterocycles. The first kappa shape index (κ1) is 16.5. The van der Waals surface area contributed by atoms with E-state index in [1.165, 1.54) is 0 Å². The average molecular weight is 275 g/mol. The Kier molecular flexibility index (Phi) is 7.06. The Morgan fingerprint density at radius 1 is 1.40 bits per heavy atom. The summed E-state index contributed by atoms with van der Waals surface area (Å²) in [4.78, 5) is 2.07. The normalized spacial score (nSPS) is 10.6. The number of nitriles is 1. The number of hydrogen-bond donors (Lipinski definition) is 1. The van der Waals surface area contributed by atoms with Crippen molar-refractivity contribution in [2.24, 2.45) is 0 Å². The van der Waals surface area contributed by atoms with E-state index in [0.717, 1.165) is 30.9 Å². The number of nitrogens with zero attached hydrogens (tertiary/aromatic N) is 2. The van der Waals surface area contributed by atoms with Crippen LogP contribution in [0.4, 0.5) is 5.69 Å². The monoisotopic (exact) mass is 275 g/mol. The van der Waals surface area contributed by atoms with Crippen molar-refractivity contribution < 1.29 is 4.74 Å². The number of nitrogens with one attached hydrogen (secondary N) is 1. The van der Waals surface area contributed by atoms with Crippen molar-refractivity contribution in [2.75, 3.05) is 31.6 Å². The minimum Gasteiger partial charge on any atom is -0.377 e. The quantitative estimate of drug-likeness (QED) is 0.792. The van der Waals surface area contributed by atoms with Crippen LogP contribution in [0.2, 0.25) is 0 Å². The molecule has 0 aliphatic rings. The smallest absolute Gasteiger partial charge is 0.101 e.